The van der Waals surface area contributed by atoms with Crippen LogP contribution in [0, 0.1) is 12.7 Å². The molecule has 1 aromatic carbocycles. The van der Waals surface area contributed by atoms with Gasteiger partial charge >= 0.3 is 0 Å². The fourth-order valence-electron chi connectivity index (χ4n) is 3.00. The fraction of sp³-hybridized carbons (Fsp3) is 0.444. The molecule has 1 aliphatic rings. The Kier molecular flexibility index (Phi) is 6.61. The molecule has 3 rings (SSSR count). The lowest BCUT2D eigenvalue weighted by Crippen LogP contribution is -2.52. The highest BCUT2D eigenvalue weighted by Gasteiger charge is 2.20. The predicted molar refractivity (Wildman–Crippen MR) is 108 cm³/mol. The van der Waals surface area contributed by atoms with Gasteiger partial charge in [-0.15, -0.1) is 11.3 Å². The minimum absolute atomic E-state index is 0.205. The number of hydrogen-bond acceptors (Lipinski definition) is 4. The van der Waals surface area contributed by atoms with Crippen LogP contribution in [-0.4, -0.2) is 54.0 Å². The number of rotatable bonds is 4. The van der Waals surface area contributed by atoms with E-state index in [1.54, 1.807) is 23.5 Å². The largest absolute Gasteiger partial charge is 0.351 e. The van der Waals surface area contributed by atoms with Crippen molar-refractivity contribution in [2.75, 3.05) is 33.2 Å². The fourth-order valence-corrected chi connectivity index (χ4v) is 3.96. The summed E-state index contributed by atoms with van der Waals surface area (Å²) in [6.07, 6.45) is 0. The first-order valence-electron chi connectivity index (χ1n) is 8.57. The monoisotopic (exact) mass is 439 g/mol. The normalized spacial score (nSPS) is 16.2. The van der Waals surface area contributed by atoms with Crippen LogP contribution in [0.4, 0.5) is 4.39 Å². The Bertz CT molecular complexity index is 771. The molecule has 2 aromatic rings. The van der Waals surface area contributed by atoms with E-state index >= 15 is 0 Å². The van der Waals surface area contributed by atoms with Crippen molar-refractivity contribution in [3.05, 3.63) is 50.1 Å². The Balaban J connectivity index is 1.50. The van der Waals surface area contributed by atoms with E-state index in [2.05, 4.69) is 41.0 Å². The summed E-state index contributed by atoms with van der Waals surface area (Å²) < 4.78 is 14.2. The van der Waals surface area contributed by atoms with E-state index in [1.165, 1.54) is 4.88 Å². The number of halogens is 2. The van der Waals surface area contributed by atoms with Crippen molar-refractivity contribution in [1.29, 1.82) is 0 Å². The lowest BCUT2D eigenvalue weighted by atomic mass is 10.2. The van der Waals surface area contributed by atoms with Gasteiger partial charge < -0.3 is 10.2 Å². The molecule has 0 bridgehead atoms. The van der Waals surface area contributed by atoms with E-state index in [4.69, 9.17) is 0 Å². The lowest BCUT2D eigenvalue weighted by Gasteiger charge is -2.36. The Morgan fingerprint density at radius 1 is 1.35 bits per heavy atom. The first-order valence-corrected chi connectivity index (χ1v) is 10.2. The van der Waals surface area contributed by atoms with E-state index < -0.39 is 0 Å². The van der Waals surface area contributed by atoms with E-state index in [0.29, 0.717) is 4.47 Å². The number of thiazole rings is 1. The molecular formula is C18H23BrFN5S. The highest BCUT2D eigenvalue weighted by molar-refractivity contribution is 9.10. The van der Waals surface area contributed by atoms with E-state index in [0.717, 1.165) is 56.5 Å². The van der Waals surface area contributed by atoms with Crippen molar-refractivity contribution in [2.24, 2.45) is 4.99 Å². The van der Waals surface area contributed by atoms with Crippen LogP contribution in [0.2, 0.25) is 0 Å². The van der Waals surface area contributed by atoms with Gasteiger partial charge in [-0.25, -0.2) is 9.37 Å². The second kappa shape index (κ2) is 8.92. The van der Waals surface area contributed by atoms with Gasteiger partial charge in [-0.1, -0.05) is 6.07 Å². The molecule has 0 atom stereocenters. The molecular weight excluding hydrogens is 417 g/mol. The molecule has 140 valence electrons. The number of guanidine groups is 1. The molecule has 0 aliphatic carbocycles. The average Bonchev–Trinajstić information content (AvgIpc) is 3.05. The van der Waals surface area contributed by atoms with Crippen LogP contribution in [0.25, 0.3) is 0 Å². The van der Waals surface area contributed by atoms with Crippen molar-refractivity contribution in [1.82, 2.24) is 20.1 Å². The summed E-state index contributed by atoms with van der Waals surface area (Å²) in [6, 6.07) is 5.35. The Morgan fingerprint density at radius 2 is 2.12 bits per heavy atom. The van der Waals surface area contributed by atoms with Crippen LogP contribution in [0.15, 0.2) is 33.2 Å². The molecule has 8 heteroatoms. The number of hydrogen-bond donors (Lipinski definition) is 1. The third-order valence-electron chi connectivity index (χ3n) is 4.53. The maximum absolute atomic E-state index is 13.7. The van der Waals surface area contributed by atoms with Gasteiger partial charge in [-0.05, 0) is 40.5 Å². The molecule has 0 saturated carbocycles. The first kappa shape index (κ1) is 19.3. The quantitative estimate of drug-likeness (QED) is 0.586. The van der Waals surface area contributed by atoms with Crippen molar-refractivity contribution in [3.8, 4) is 0 Å². The minimum Gasteiger partial charge on any atom is -0.351 e. The van der Waals surface area contributed by atoms with Gasteiger partial charge in [0.05, 0.1) is 22.2 Å². The molecule has 5 nitrogen and oxygen atoms in total. The van der Waals surface area contributed by atoms with E-state index in [9.17, 15) is 4.39 Å². The van der Waals surface area contributed by atoms with E-state index in [-0.39, 0.29) is 5.82 Å². The predicted octanol–water partition coefficient (Wildman–Crippen LogP) is 3.25. The molecule has 2 heterocycles. The maximum Gasteiger partial charge on any atom is 0.194 e. The number of nitrogens with zero attached hydrogens (tertiary/aromatic N) is 4. The summed E-state index contributed by atoms with van der Waals surface area (Å²) in [4.78, 5) is 14.6. The summed E-state index contributed by atoms with van der Waals surface area (Å²) in [5.74, 6) is 0.719. The van der Waals surface area contributed by atoms with Gasteiger partial charge in [0.25, 0.3) is 0 Å². The standard InChI is InChI=1S/C18H23BrFN5S/c1-13-17(26-12-23-13)10-22-18(21-2)25-7-5-24(6-8-25)11-14-3-4-15(19)16(20)9-14/h3-4,9,12H,5-8,10-11H2,1-2H3,(H,21,22). The highest BCUT2D eigenvalue weighted by atomic mass is 79.9. The summed E-state index contributed by atoms with van der Waals surface area (Å²) >= 11 is 4.86. The third-order valence-corrected chi connectivity index (χ3v) is 6.10. The van der Waals surface area contributed by atoms with Crippen LogP contribution in [0.1, 0.15) is 16.1 Å². The van der Waals surface area contributed by atoms with Crippen LogP contribution < -0.4 is 5.32 Å². The number of aryl methyl sites for hydroxylation is 1. The van der Waals surface area contributed by atoms with Crippen LogP contribution >= 0.6 is 27.3 Å². The highest BCUT2D eigenvalue weighted by Crippen LogP contribution is 2.18. The number of benzene rings is 1. The number of nitrogens with one attached hydrogen (secondary N) is 1. The molecule has 0 unspecified atom stereocenters. The Morgan fingerprint density at radius 3 is 2.73 bits per heavy atom. The van der Waals surface area contributed by atoms with E-state index in [1.807, 2.05) is 25.5 Å². The topological polar surface area (TPSA) is 43.8 Å². The van der Waals surface area contributed by atoms with Gasteiger partial charge in [-0.2, -0.15) is 0 Å². The zero-order chi connectivity index (χ0) is 18.5. The molecule has 26 heavy (non-hydrogen) atoms. The van der Waals surface area contributed by atoms with Crippen LogP contribution in [0.3, 0.4) is 0 Å². The van der Waals surface area contributed by atoms with Crippen LogP contribution in [-0.2, 0) is 13.1 Å². The average molecular weight is 440 g/mol. The molecule has 0 amide bonds. The SMILES string of the molecule is CN=C(NCc1scnc1C)N1CCN(Cc2ccc(Br)c(F)c2)CC1. The Hall–Kier alpha value is -1.51. The molecule has 1 N–H and O–H groups in total. The summed E-state index contributed by atoms with van der Waals surface area (Å²) in [6.45, 7) is 7.21. The van der Waals surface area contributed by atoms with Crippen molar-refractivity contribution >= 4 is 33.2 Å². The molecule has 0 spiro atoms. The molecule has 0 radical (unpaired) electrons. The maximum atomic E-state index is 13.7. The smallest absolute Gasteiger partial charge is 0.194 e. The summed E-state index contributed by atoms with van der Waals surface area (Å²) in [5, 5.41) is 3.43. The second-order valence-electron chi connectivity index (χ2n) is 6.27. The number of piperazine rings is 1. The van der Waals surface area contributed by atoms with Crippen LogP contribution in [0.5, 0.6) is 0 Å². The van der Waals surface area contributed by atoms with Gasteiger partial charge in [-0.3, -0.25) is 9.89 Å². The van der Waals surface area contributed by atoms with Gasteiger partial charge in [0.2, 0.25) is 0 Å². The van der Waals surface area contributed by atoms with Gasteiger partial charge in [0.1, 0.15) is 5.82 Å². The molecule has 1 aromatic heterocycles. The summed E-state index contributed by atoms with van der Waals surface area (Å²) in [5.41, 5.74) is 3.95. The molecule has 1 aliphatic heterocycles. The zero-order valence-electron chi connectivity index (χ0n) is 15.0. The zero-order valence-corrected chi connectivity index (χ0v) is 17.4. The van der Waals surface area contributed by atoms with Crippen molar-refractivity contribution in [2.45, 2.75) is 20.0 Å². The van der Waals surface area contributed by atoms with Crippen molar-refractivity contribution in [3.63, 3.8) is 0 Å². The number of aliphatic imine (C=N–C) groups is 1. The van der Waals surface area contributed by atoms with Gasteiger partial charge in [0, 0.05) is 44.6 Å². The minimum atomic E-state index is -0.205. The third kappa shape index (κ3) is 4.81. The molecule has 1 saturated heterocycles. The second-order valence-corrected chi connectivity index (χ2v) is 8.07. The number of aromatic nitrogens is 1. The first-order chi connectivity index (χ1) is 12.6. The Labute approximate surface area is 166 Å². The van der Waals surface area contributed by atoms with Gasteiger partial charge in [0.15, 0.2) is 5.96 Å². The molecule has 1 fully saturated rings. The lowest BCUT2D eigenvalue weighted by molar-refractivity contribution is 0.172. The summed E-state index contributed by atoms with van der Waals surface area (Å²) in [7, 11) is 1.82. The van der Waals surface area contributed by atoms with Crippen molar-refractivity contribution < 1.29 is 4.39 Å².